The molecule has 3 rings (SSSR count). The van der Waals surface area contributed by atoms with Crippen molar-refractivity contribution in [3.8, 4) is 0 Å². The van der Waals surface area contributed by atoms with Gasteiger partial charge in [0.1, 0.15) is 12.6 Å². The van der Waals surface area contributed by atoms with Gasteiger partial charge in [-0.25, -0.2) is 9.78 Å². The molecule has 0 unspecified atom stereocenters. The molecule has 7 nitrogen and oxygen atoms in total. The first-order valence-electron chi connectivity index (χ1n) is 8.46. The molecule has 2 N–H and O–H groups in total. The Hall–Kier alpha value is -3.32. The third-order valence-electron chi connectivity index (χ3n) is 3.89. The first-order chi connectivity index (χ1) is 13.1. The highest BCUT2D eigenvalue weighted by molar-refractivity contribution is 5.84. The monoisotopic (exact) mass is 365 g/mol. The summed E-state index contributed by atoms with van der Waals surface area (Å²) in [7, 11) is 0. The van der Waals surface area contributed by atoms with E-state index in [1.807, 2.05) is 48.5 Å². The van der Waals surface area contributed by atoms with Gasteiger partial charge < -0.3 is 15.2 Å². The summed E-state index contributed by atoms with van der Waals surface area (Å²) in [5.74, 6) is -1.63. The van der Waals surface area contributed by atoms with Crippen LogP contribution in [0.4, 0.5) is 0 Å². The Kier molecular flexibility index (Phi) is 6.06. The number of para-hydroxylation sites is 2. The van der Waals surface area contributed by atoms with E-state index in [2.05, 4.69) is 15.3 Å². The molecule has 0 saturated heterocycles. The van der Waals surface area contributed by atoms with Crippen molar-refractivity contribution in [3.05, 3.63) is 72.1 Å². The van der Waals surface area contributed by atoms with Gasteiger partial charge in [-0.1, -0.05) is 42.5 Å². The minimum atomic E-state index is -1.14. The molecular formula is C20H19N3O4. The van der Waals surface area contributed by atoms with Crippen LogP contribution in [-0.2, 0) is 27.4 Å². The van der Waals surface area contributed by atoms with Crippen LogP contribution in [0.3, 0.4) is 0 Å². The van der Waals surface area contributed by atoms with Crippen LogP contribution < -0.4 is 5.32 Å². The number of nitrogens with one attached hydrogen (secondary N) is 1. The second-order valence-corrected chi connectivity index (χ2v) is 5.99. The van der Waals surface area contributed by atoms with Crippen LogP contribution >= 0.6 is 0 Å². The zero-order valence-electron chi connectivity index (χ0n) is 14.5. The molecule has 2 aromatic carbocycles. The maximum Gasteiger partial charge on any atom is 0.326 e. The molecule has 27 heavy (non-hydrogen) atoms. The fourth-order valence-electron chi connectivity index (χ4n) is 2.57. The summed E-state index contributed by atoms with van der Waals surface area (Å²) in [5.41, 5.74) is 2.83. The van der Waals surface area contributed by atoms with Gasteiger partial charge in [-0.2, -0.15) is 0 Å². The molecular weight excluding hydrogens is 346 g/mol. The number of amides is 1. The number of carbonyl (C=O) groups is 2. The minimum Gasteiger partial charge on any atom is -0.480 e. The van der Waals surface area contributed by atoms with Crippen molar-refractivity contribution in [2.45, 2.75) is 19.1 Å². The average molecular weight is 365 g/mol. The number of carboxylic acids is 1. The smallest absolute Gasteiger partial charge is 0.326 e. The molecule has 3 aromatic rings. The first kappa shape index (κ1) is 18.5. The molecule has 1 aromatic heterocycles. The number of hydrogen-bond acceptors (Lipinski definition) is 5. The van der Waals surface area contributed by atoms with E-state index < -0.39 is 17.9 Å². The summed E-state index contributed by atoms with van der Waals surface area (Å²) < 4.78 is 5.34. The number of ether oxygens (including phenoxy) is 1. The molecule has 138 valence electrons. The van der Waals surface area contributed by atoms with Gasteiger partial charge in [0, 0.05) is 12.6 Å². The molecule has 0 bridgehead atoms. The Morgan fingerprint density at radius 1 is 1.04 bits per heavy atom. The van der Waals surface area contributed by atoms with E-state index in [0.29, 0.717) is 11.2 Å². The molecule has 0 saturated carbocycles. The van der Waals surface area contributed by atoms with Crippen LogP contribution in [0.25, 0.3) is 11.0 Å². The van der Waals surface area contributed by atoms with Gasteiger partial charge in [-0.3, -0.25) is 9.78 Å². The standard InChI is InChI=1S/C20H19N3O4/c24-19(13-27-12-14-6-2-1-3-7-14)23-18(20(25)26)10-15-11-21-16-8-4-5-9-17(16)22-15/h1-9,11,18H,10,12-13H2,(H,23,24)(H,25,26)/t18-/m0/s1. The summed E-state index contributed by atoms with van der Waals surface area (Å²) in [6.07, 6.45) is 1.56. The van der Waals surface area contributed by atoms with Crippen molar-refractivity contribution in [1.82, 2.24) is 15.3 Å². The summed E-state index contributed by atoms with van der Waals surface area (Å²) >= 11 is 0. The number of rotatable bonds is 8. The van der Waals surface area contributed by atoms with Crippen LogP contribution in [0.1, 0.15) is 11.3 Å². The highest BCUT2D eigenvalue weighted by Gasteiger charge is 2.21. The van der Waals surface area contributed by atoms with Gasteiger partial charge in [-0.05, 0) is 17.7 Å². The SMILES string of the molecule is O=C(COCc1ccccc1)N[C@@H](Cc1cnc2ccccc2n1)C(=O)O. The maximum atomic E-state index is 12.0. The van der Waals surface area contributed by atoms with Crippen LogP contribution in [-0.4, -0.2) is 39.6 Å². The van der Waals surface area contributed by atoms with Gasteiger partial charge in [0.25, 0.3) is 0 Å². The Morgan fingerprint density at radius 3 is 2.48 bits per heavy atom. The zero-order chi connectivity index (χ0) is 19.1. The number of nitrogens with zero attached hydrogens (tertiary/aromatic N) is 2. The molecule has 0 aliphatic rings. The Bertz CT molecular complexity index is 931. The van der Waals surface area contributed by atoms with Gasteiger partial charge in [0.15, 0.2) is 0 Å². The molecule has 0 aliphatic heterocycles. The zero-order valence-corrected chi connectivity index (χ0v) is 14.5. The summed E-state index contributed by atoms with van der Waals surface area (Å²) in [4.78, 5) is 32.2. The van der Waals surface area contributed by atoms with Crippen molar-refractivity contribution in [2.75, 3.05) is 6.61 Å². The summed E-state index contributed by atoms with van der Waals surface area (Å²) in [5, 5.41) is 11.9. The molecule has 1 atom stereocenters. The van der Waals surface area contributed by atoms with Crippen molar-refractivity contribution in [1.29, 1.82) is 0 Å². The third-order valence-corrected chi connectivity index (χ3v) is 3.89. The lowest BCUT2D eigenvalue weighted by molar-refractivity contribution is -0.142. The lowest BCUT2D eigenvalue weighted by Gasteiger charge is -2.14. The normalized spacial score (nSPS) is 11.9. The van der Waals surface area contributed by atoms with Crippen molar-refractivity contribution >= 4 is 22.9 Å². The highest BCUT2D eigenvalue weighted by atomic mass is 16.5. The summed E-state index contributed by atoms with van der Waals surface area (Å²) in [6, 6.07) is 15.6. The van der Waals surface area contributed by atoms with Crippen LogP contribution in [0, 0.1) is 0 Å². The van der Waals surface area contributed by atoms with Crippen LogP contribution in [0.5, 0.6) is 0 Å². The van der Waals surface area contributed by atoms with E-state index >= 15 is 0 Å². The molecule has 0 fully saturated rings. The summed E-state index contributed by atoms with van der Waals surface area (Å²) in [6.45, 7) is 0.0597. The molecule has 0 spiro atoms. The lowest BCUT2D eigenvalue weighted by Crippen LogP contribution is -2.44. The molecule has 1 amide bonds. The van der Waals surface area contributed by atoms with Crippen LogP contribution in [0.15, 0.2) is 60.8 Å². The number of benzene rings is 2. The molecule has 0 radical (unpaired) electrons. The fraction of sp³-hybridized carbons (Fsp3) is 0.200. The number of carboxylic acid groups (broad SMARTS) is 1. The van der Waals surface area contributed by atoms with Gasteiger partial charge in [0.2, 0.25) is 5.91 Å². The van der Waals surface area contributed by atoms with Crippen molar-refractivity contribution in [3.63, 3.8) is 0 Å². The van der Waals surface area contributed by atoms with E-state index in [1.54, 1.807) is 6.07 Å². The number of carbonyl (C=O) groups excluding carboxylic acids is 1. The quantitative estimate of drug-likeness (QED) is 0.633. The second kappa shape index (κ2) is 8.86. The van der Waals surface area contributed by atoms with Crippen LogP contribution in [0.2, 0.25) is 0 Å². The van der Waals surface area contributed by atoms with E-state index in [4.69, 9.17) is 4.74 Å². The Labute approximate surface area is 156 Å². The van der Waals surface area contributed by atoms with Gasteiger partial charge >= 0.3 is 5.97 Å². The van der Waals surface area contributed by atoms with Crippen molar-refractivity contribution < 1.29 is 19.4 Å². The molecule has 0 aliphatic carbocycles. The maximum absolute atomic E-state index is 12.0. The van der Waals surface area contributed by atoms with Crippen molar-refractivity contribution in [2.24, 2.45) is 0 Å². The largest absolute Gasteiger partial charge is 0.480 e. The predicted molar refractivity (Wildman–Crippen MR) is 98.9 cm³/mol. The Balaban J connectivity index is 1.56. The lowest BCUT2D eigenvalue weighted by atomic mass is 10.1. The predicted octanol–water partition coefficient (Wildman–Crippen LogP) is 1.96. The average Bonchev–Trinajstić information content (AvgIpc) is 2.68. The molecule has 7 heteroatoms. The topological polar surface area (TPSA) is 101 Å². The second-order valence-electron chi connectivity index (χ2n) is 5.99. The number of aromatic nitrogens is 2. The first-order valence-corrected chi connectivity index (χ1v) is 8.46. The van der Waals surface area contributed by atoms with E-state index in [-0.39, 0.29) is 19.6 Å². The minimum absolute atomic E-state index is 0.0393. The highest BCUT2D eigenvalue weighted by Crippen LogP contribution is 2.10. The van der Waals surface area contributed by atoms with E-state index in [9.17, 15) is 14.7 Å². The number of aliphatic carboxylic acids is 1. The third kappa shape index (κ3) is 5.32. The van der Waals surface area contributed by atoms with E-state index in [0.717, 1.165) is 11.1 Å². The fourth-order valence-corrected chi connectivity index (χ4v) is 2.57. The number of hydrogen-bond donors (Lipinski definition) is 2. The molecule has 1 heterocycles. The van der Waals surface area contributed by atoms with E-state index in [1.165, 1.54) is 6.20 Å². The number of fused-ring (bicyclic) bond motifs is 1. The van der Waals surface area contributed by atoms with Gasteiger partial charge in [0.05, 0.1) is 23.3 Å². The van der Waals surface area contributed by atoms with Gasteiger partial charge in [-0.15, -0.1) is 0 Å². The Morgan fingerprint density at radius 2 is 1.74 bits per heavy atom.